The molecule has 1 unspecified atom stereocenters. The van der Waals surface area contributed by atoms with Crippen molar-refractivity contribution in [3.8, 4) is 12.3 Å². The Morgan fingerprint density at radius 3 is 2.65 bits per heavy atom. The van der Waals surface area contributed by atoms with Crippen LogP contribution < -0.4 is 15.5 Å². The lowest BCUT2D eigenvalue weighted by Gasteiger charge is -2.26. The lowest BCUT2D eigenvalue weighted by molar-refractivity contribution is 0.689. The molecule has 0 aliphatic heterocycles. The van der Waals surface area contributed by atoms with Crippen molar-refractivity contribution < 1.29 is 0 Å². The molecule has 0 bridgehead atoms. The summed E-state index contributed by atoms with van der Waals surface area (Å²) in [5, 5.41) is 6.26. The van der Waals surface area contributed by atoms with Crippen molar-refractivity contribution in [2.75, 3.05) is 31.6 Å². The number of hydrogen-bond acceptors (Lipinski definition) is 2. The molecule has 1 aromatic carbocycles. The van der Waals surface area contributed by atoms with Gasteiger partial charge in [-0.25, -0.2) is 0 Å². The fourth-order valence-corrected chi connectivity index (χ4v) is 1.74. The molecular formula is C16H24N4. The van der Waals surface area contributed by atoms with Crippen LogP contribution in [-0.2, 0) is 0 Å². The Hall–Kier alpha value is -2.15. The summed E-state index contributed by atoms with van der Waals surface area (Å²) in [6, 6.07) is 10.6. The van der Waals surface area contributed by atoms with Crippen LogP contribution in [-0.4, -0.2) is 38.7 Å². The summed E-state index contributed by atoms with van der Waals surface area (Å²) in [7, 11) is 2.08. The fraction of sp³-hybridized carbons (Fsp3) is 0.438. The number of guanidine groups is 1. The Labute approximate surface area is 122 Å². The number of nitrogens with zero attached hydrogens (tertiary/aromatic N) is 2. The van der Waals surface area contributed by atoms with Crippen molar-refractivity contribution in [3.05, 3.63) is 30.3 Å². The average molecular weight is 272 g/mol. The van der Waals surface area contributed by atoms with E-state index in [0.29, 0.717) is 19.1 Å². The van der Waals surface area contributed by atoms with Gasteiger partial charge in [0.2, 0.25) is 0 Å². The second-order valence-corrected chi connectivity index (χ2v) is 4.57. The number of anilines is 1. The van der Waals surface area contributed by atoms with E-state index in [1.165, 1.54) is 5.69 Å². The van der Waals surface area contributed by atoms with Gasteiger partial charge < -0.3 is 15.5 Å². The van der Waals surface area contributed by atoms with Crippen LogP contribution in [0.3, 0.4) is 0 Å². The molecule has 108 valence electrons. The van der Waals surface area contributed by atoms with E-state index in [-0.39, 0.29) is 0 Å². The van der Waals surface area contributed by atoms with Crippen molar-refractivity contribution in [3.63, 3.8) is 0 Å². The third kappa shape index (κ3) is 5.23. The lowest BCUT2D eigenvalue weighted by atomic mass is 10.2. The van der Waals surface area contributed by atoms with Crippen LogP contribution in [0.4, 0.5) is 5.69 Å². The van der Waals surface area contributed by atoms with Gasteiger partial charge in [0.05, 0.1) is 13.1 Å². The quantitative estimate of drug-likeness (QED) is 0.470. The maximum atomic E-state index is 5.25. The first kappa shape index (κ1) is 15.9. The van der Waals surface area contributed by atoms with Crippen LogP contribution in [0.25, 0.3) is 0 Å². The summed E-state index contributed by atoms with van der Waals surface area (Å²) in [5.74, 6) is 3.31. The molecule has 0 saturated carbocycles. The van der Waals surface area contributed by atoms with E-state index < -0.39 is 0 Å². The summed E-state index contributed by atoms with van der Waals surface area (Å²) in [4.78, 5) is 6.77. The molecule has 0 saturated heterocycles. The molecule has 0 aliphatic rings. The van der Waals surface area contributed by atoms with Crippen LogP contribution in [0.2, 0.25) is 0 Å². The molecule has 1 atom stereocenters. The highest BCUT2D eigenvalue weighted by atomic mass is 15.2. The van der Waals surface area contributed by atoms with Gasteiger partial charge in [0.25, 0.3) is 0 Å². The molecule has 0 fully saturated rings. The summed E-state index contributed by atoms with van der Waals surface area (Å²) in [5.41, 5.74) is 1.19. The molecule has 0 amide bonds. The molecule has 4 heteroatoms. The summed E-state index contributed by atoms with van der Waals surface area (Å²) in [6.45, 7) is 6.19. The Kier molecular flexibility index (Phi) is 7.05. The normalized spacial score (nSPS) is 12.4. The van der Waals surface area contributed by atoms with Gasteiger partial charge in [-0.3, -0.25) is 4.99 Å². The van der Waals surface area contributed by atoms with Crippen molar-refractivity contribution in [1.29, 1.82) is 0 Å². The minimum atomic E-state index is 0.304. The predicted molar refractivity (Wildman–Crippen MR) is 87.1 cm³/mol. The van der Waals surface area contributed by atoms with Gasteiger partial charge in [-0.05, 0) is 26.0 Å². The summed E-state index contributed by atoms with van der Waals surface area (Å²) >= 11 is 0. The van der Waals surface area contributed by atoms with E-state index in [2.05, 4.69) is 52.6 Å². The number of terminal acetylenes is 1. The van der Waals surface area contributed by atoms with Gasteiger partial charge in [0, 0.05) is 25.3 Å². The molecule has 0 heterocycles. The second kappa shape index (κ2) is 8.87. The summed E-state index contributed by atoms with van der Waals surface area (Å²) < 4.78 is 0. The highest BCUT2D eigenvalue weighted by Gasteiger charge is 2.09. The largest absolute Gasteiger partial charge is 0.370 e. The number of hydrogen-bond donors (Lipinski definition) is 2. The summed E-state index contributed by atoms with van der Waals surface area (Å²) in [6.07, 6.45) is 5.25. The van der Waals surface area contributed by atoms with Gasteiger partial charge in [-0.15, -0.1) is 6.42 Å². The number of para-hydroxylation sites is 1. The van der Waals surface area contributed by atoms with Crippen LogP contribution in [0, 0.1) is 12.3 Å². The first-order chi connectivity index (χ1) is 9.69. The predicted octanol–water partition coefficient (Wildman–Crippen LogP) is 1.70. The molecule has 1 rings (SSSR count). The average Bonchev–Trinajstić information content (AvgIpc) is 2.49. The Morgan fingerprint density at radius 1 is 1.35 bits per heavy atom. The lowest BCUT2D eigenvalue weighted by Crippen LogP contribution is -2.39. The van der Waals surface area contributed by atoms with E-state index in [0.717, 1.165) is 12.5 Å². The maximum absolute atomic E-state index is 5.25. The minimum absolute atomic E-state index is 0.304. The zero-order valence-electron chi connectivity index (χ0n) is 12.6. The molecule has 20 heavy (non-hydrogen) atoms. The van der Waals surface area contributed by atoms with Gasteiger partial charge in [-0.1, -0.05) is 24.1 Å². The number of benzene rings is 1. The first-order valence-corrected chi connectivity index (χ1v) is 6.92. The maximum Gasteiger partial charge on any atom is 0.192 e. The molecule has 0 radical (unpaired) electrons. The molecule has 0 spiro atoms. The third-order valence-corrected chi connectivity index (χ3v) is 3.04. The smallest absolute Gasteiger partial charge is 0.192 e. The highest BCUT2D eigenvalue weighted by molar-refractivity contribution is 5.80. The topological polar surface area (TPSA) is 39.7 Å². The minimum Gasteiger partial charge on any atom is -0.370 e. The Morgan fingerprint density at radius 2 is 2.05 bits per heavy atom. The SMILES string of the molecule is C#CCNC(=NCC(C)N(C)c1ccccc1)NCC. The molecule has 2 N–H and O–H groups in total. The molecule has 0 aliphatic carbocycles. The van der Waals surface area contributed by atoms with Crippen molar-refractivity contribution in [2.24, 2.45) is 4.99 Å². The number of nitrogens with one attached hydrogen (secondary N) is 2. The van der Waals surface area contributed by atoms with E-state index >= 15 is 0 Å². The number of aliphatic imine (C=N–C) groups is 1. The van der Waals surface area contributed by atoms with Crippen LogP contribution >= 0.6 is 0 Å². The van der Waals surface area contributed by atoms with Crippen molar-refractivity contribution >= 4 is 11.6 Å². The van der Waals surface area contributed by atoms with Crippen LogP contribution in [0.5, 0.6) is 0 Å². The monoisotopic (exact) mass is 272 g/mol. The number of likely N-dealkylation sites (N-methyl/N-ethyl adjacent to an activating group) is 1. The second-order valence-electron chi connectivity index (χ2n) is 4.57. The molecule has 0 aromatic heterocycles. The van der Waals surface area contributed by atoms with E-state index in [1.807, 2.05) is 25.1 Å². The Balaban J connectivity index is 2.59. The van der Waals surface area contributed by atoms with Gasteiger partial charge >= 0.3 is 0 Å². The van der Waals surface area contributed by atoms with Crippen LogP contribution in [0.1, 0.15) is 13.8 Å². The molecule has 1 aromatic rings. The fourth-order valence-electron chi connectivity index (χ4n) is 1.74. The van der Waals surface area contributed by atoms with Gasteiger partial charge in [-0.2, -0.15) is 0 Å². The van der Waals surface area contributed by atoms with E-state index in [4.69, 9.17) is 6.42 Å². The first-order valence-electron chi connectivity index (χ1n) is 6.92. The molecule has 4 nitrogen and oxygen atoms in total. The molecular weight excluding hydrogens is 248 g/mol. The highest BCUT2D eigenvalue weighted by Crippen LogP contribution is 2.13. The third-order valence-electron chi connectivity index (χ3n) is 3.04. The number of rotatable bonds is 6. The standard InChI is InChI=1S/C16H24N4/c1-5-12-18-16(17-6-2)19-13-14(3)20(4)15-10-8-7-9-11-15/h1,7-11,14H,6,12-13H2,2-4H3,(H2,17,18,19). The van der Waals surface area contributed by atoms with E-state index in [9.17, 15) is 0 Å². The van der Waals surface area contributed by atoms with Gasteiger partial charge in [0.1, 0.15) is 0 Å². The zero-order chi connectivity index (χ0) is 14.8. The van der Waals surface area contributed by atoms with Crippen molar-refractivity contribution in [2.45, 2.75) is 19.9 Å². The zero-order valence-corrected chi connectivity index (χ0v) is 12.6. The van der Waals surface area contributed by atoms with Gasteiger partial charge in [0.15, 0.2) is 5.96 Å². The van der Waals surface area contributed by atoms with Crippen molar-refractivity contribution in [1.82, 2.24) is 10.6 Å². The van der Waals surface area contributed by atoms with Crippen LogP contribution in [0.15, 0.2) is 35.3 Å². The Bertz CT molecular complexity index is 447. The van der Waals surface area contributed by atoms with E-state index in [1.54, 1.807) is 0 Å².